The Hall–Kier alpha value is -3.76. The fourth-order valence-corrected chi connectivity index (χ4v) is 2.59. The Balaban J connectivity index is 1.64. The van der Waals surface area contributed by atoms with E-state index in [0.717, 1.165) is 12.1 Å². The number of nitrogens with zero attached hydrogens (tertiary/aromatic N) is 3. The smallest absolute Gasteiger partial charge is 0.416 e. The second-order valence-electron chi connectivity index (χ2n) is 6.38. The van der Waals surface area contributed by atoms with Crippen molar-refractivity contribution in [1.29, 1.82) is 0 Å². The number of anilines is 1. The minimum absolute atomic E-state index is 0.0474. The average Bonchev–Trinajstić information content (AvgIpc) is 3.16. The summed E-state index contributed by atoms with van der Waals surface area (Å²) in [6.45, 7) is 1.69. The molecule has 0 unspecified atom stereocenters. The van der Waals surface area contributed by atoms with Gasteiger partial charge in [-0.3, -0.25) is 14.9 Å². The summed E-state index contributed by atoms with van der Waals surface area (Å²) in [6, 6.07) is 8.58. The normalized spacial score (nSPS) is 11.3. The zero-order valence-electron chi connectivity index (χ0n) is 15.6. The minimum Gasteiger partial charge on any atom is -0.421 e. The quantitative estimate of drug-likeness (QED) is 0.463. The number of alkyl halides is 3. The van der Waals surface area contributed by atoms with Crippen molar-refractivity contribution in [2.24, 2.45) is 0 Å². The van der Waals surface area contributed by atoms with E-state index in [4.69, 9.17) is 4.42 Å². The van der Waals surface area contributed by atoms with E-state index < -0.39 is 22.6 Å². The molecule has 2 aromatic carbocycles. The third kappa shape index (κ3) is 4.99. The second kappa shape index (κ2) is 8.31. The summed E-state index contributed by atoms with van der Waals surface area (Å²) in [6.07, 6.45) is -4.51. The van der Waals surface area contributed by atoms with Crippen LogP contribution in [0.5, 0.6) is 0 Å². The number of non-ortho nitro benzene ring substituents is 1. The molecule has 0 saturated carbocycles. The lowest BCUT2D eigenvalue weighted by Gasteiger charge is -2.07. The number of hydrogen-bond donors (Lipinski definition) is 1. The van der Waals surface area contributed by atoms with E-state index in [1.807, 2.05) is 0 Å². The monoisotopic (exact) mass is 420 g/mol. The highest BCUT2D eigenvalue weighted by atomic mass is 19.4. The van der Waals surface area contributed by atoms with Gasteiger partial charge in [0.2, 0.25) is 17.7 Å². The molecule has 156 valence electrons. The Bertz CT molecular complexity index is 1100. The van der Waals surface area contributed by atoms with Crippen LogP contribution in [0.25, 0.3) is 11.5 Å². The summed E-state index contributed by atoms with van der Waals surface area (Å²) >= 11 is 0. The SMILES string of the molecule is Cc1ccc([N+](=O)[O-])cc1NC(=O)CCc1nnc(-c2cccc(C(F)(F)F)c2)o1. The van der Waals surface area contributed by atoms with Crippen molar-refractivity contribution >= 4 is 17.3 Å². The molecular formula is C19H15F3N4O4. The molecule has 0 aliphatic carbocycles. The molecule has 0 aliphatic rings. The first-order valence-corrected chi connectivity index (χ1v) is 8.68. The summed E-state index contributed by atoms with van der Waals surface area (Å²) < 4.78 is 43.8. The molecule has 0 fully saturated rings. The molecule has 30 heavy (non-hydrogen) atoms. The maximum absolute atomic E-state index is 12.8. The van der Waals surface area contributed by atoms with Crippen molar-refractivity contribution in [3.8, 4) is 11.5 Å². The van der Waals surface area contributed by atoms with Crippen molar-refractivity contribution in [3.63, 3.8) is 0 Å². The van der Waals surface area contributed by atoms with E-state index >= 15 is 0 Å². The second-order valence-corrected chi connectivity index (χ2v) is 6.38. The van der Waals surface area contributed by atoms with E-state index in [2.05, 4.69) is 15.5 Å². The fourth-order valence-electron chi connectivity index (χ4n) is 2.59. The van der Waals surface area contributed by atoms with E-state index in [0.29, 0.717) is 11.3 Å². The Morgan fingerprint density at radius 3 is 2.67 bits per heavy atom. The lowest BCUT2D eigenvalue weighted by atomic mass is 10.1. The largest absolute Gasteiger partial charge is 0.421 e. The average molecular weight is 420 g/mol. The van der Waals surface area contributed by atoms with Crippen LogP contribution < -0.4 is 5.32 Å². The zero-order valence-corrected chi connectivity index (χ0v) is 15.6. The van der Waals surface area contributed by atoms with Gasteiger partial charge in [-0.1, -0.05) is 12.1 Å². The predicted octanol–water partition coefficient (Wildman–Crippen LogP) is 4.54. The highest BCUT2D eigenvalue weighted by Crippen LogP contribution is 2.31. The van der Waals surface area contributed by atoms with Crippen LogP contribution >= 0.6 is 0 Å². The number of hydrogen-bond acceptors (Lipinski definition) is 6. The van der Waals surface area contributed by atoms with Crippen molar-refractivity contribution in [1.82, 2.24) is 10.2 Å². The maximum Gasteiger partial charge on any atom is 0.416 e. The number of nitro benzene ring substituents is 1. The van der Waals surface area contributed by atoms with Crippen molar-refractivity contribution in [2.45, 2.75) is 25.9 Å². The Morgan fingerprint density at radius 2 is 1.97 bits per heavy atom. The topological polar surface area (TPSA) is 111 Å². The van der Waals surface area contributed by atoms with Gasteiger partial charge in [-0.25, -0.2) is 0 Å². The number of amides is 1. The predicted molar refractivity (Wildman–Crippen MR) is 99.5 cm³/mol. The molecule has 8 nitrogen and oxygen atoms in total. The van der Waals surface area contributed by atoms with Gasteiger partial charge in [-0.15, -0.1) is 10.2 Å². The molecular weight excluding hydrogens is 405 g/mol. The molecule has 0 spiro atoms. The van der Waals surface area contributed by atoms with E-state index in [9.17, 15) is 28.1 Å². The maximum atomic E-state index is 12.8. The van der Waals surface area contributed by atoms with Crippen LogP contribution in [0.4, 0.5) is 24.5 Å². The van der Waals surface area contributed by atoms with Crippen molar-refractivity contribution < 1.29 is 27.3 Å². The number of nitrogens with one attached hydrogen (secondary N) is 1. The number of benzene rings is 2. The molecule has 0 aliphatic heterocycles. The molecule has 1 heterocycles. The van der Waals surface area contributed by atoms with Gasteiger partial charge in [0.05, 0.1) is 16.2 Å². The van der Waals surface area contributed by atoms with Crippen LogP contribution in [0, 0.1) is 17.0 Å². The van der Waals surface area contributed by atoms with E-state index in [-0.39, 0.29) is 35.9 Å². The summed E-state index contributed by atoms with van der Waals surface area (Å²) in [7, 11) is 0. The standard InChI is InChI=1S/C19H15F3N4O4/c1-11-5-6-14(26(28)29)10-15(11)23-16(27)7-8-17-24-25-18(30-17)12-3-2-4-13(9-12)19(20,21)22/h2-6,9-10H,7-8H2,1H3,(H,23,27). The molecule has 0 atom stereocenters. The van der Waals surface area contributed by atoms with Gasteiger partial charge in [0.15, 0.2) is 0 Å². The first-order chi connectivity index (χ1) is 14.1. The third-order valence-electron chi connectivity index (χ3n) is 4.18. The van der Waals surface area contributed by atoms with Gasteiger partial charge in [0.25, 0.3) is 5.69 Å². The lowest BCUT2D eigenvalue weighted by molar-refractivity contribution is -0.384. The summed E-state index contributed by atoms with van der Waals surface area (Å²) in [5, 5.41) is 20.9. The molecule has 3 rings (SSSR count). The van der Waals surface area contributed by atoms with Gasteiger partial charge >= 0.3 is 6.18 Å². The number of carbonyl (C=O) groups excluding carboxylic acids is 1. The zero-order chi connectivity index (χ0) is 21.9. The molecule has 1 aromatic heterocycles. The number of nitro groups is 1. The van der Waals surface area contributed by atoms with Crippen LogP contribution in [0.3, 0.4) is 0 Å². The first-order valence-electron chi connectivity index (χ1n) is 8.68. The summed E-state index contributed by atoms with van der Waals surface area (Å²) in [4.78, 5) is 22.4. The summed E-state index contributed by atoms with van der Waals surface area (Å²) in [5.74, 6) is -0.447. The Morgan fingerprint density at radius 1 is 1.20 bits per heavy atom. The fraction of sp³-hybridized carbons (Fsp3) is 0.211. The Labute approximate surface area is 167 Å². The number of aryl methyl sites for hydroxylation is 2. The van der Waals surface area contributed by atoms with Crippen LogP contribution in [0.15, 0.2) is 46.9 Å². The minimum atomic E-state index is -4.50. The first kappa shape index (κ1) is 21.0. The number of aromatic nitrogens is 2. The van der Waals surface area contributed by atoms with Crippen LogP contribution in [0.2, 0.25) is 0 Å². The Kier molecular flexibility index (Phi) is 5.81. The molecule has 0 saturated heterocycles. The molecule has 3 aromatic rings. The van der Waals surface area contributed by atoms with E-state index in [1.54, 1.807) is 6.92 Å². The highest BCUT2D eigenvalue weighted by molar-refractivity contribution is 5.91. The van der Waals surface area contributed by atoms with Crippen LogP contribution in [-0.4, -0.2) is 21.0 Å². The molecule has 11 heteroatoms. The number of halogens is 3. The van der Waals surface area contributed by atoms with Gasteiger partial charge in [-0.05, 0) is 30.7 Å². The van der Waals surface area contributed by atoms with Gasteiger partial charge in [-0.2, -0.15) is 13.2 Å². The van der Waals surface area contributed by atoms with Crippen LogP contribution in [-0.2, 0) is 17.4 Å². The van der Waals surface area contributed by atoms with Gasteiger partial charge in [0, 0.05) is 30.5 Å². The van der Waals surface area contributed by atoms with Gasteiger partial charge < -0.3 is 9.73 Å². The molecule has 1 N–H and O–H groups in total. The molecule has 0 bridgehead atoms. The van der Waals surface area contributed by atoms with Crippen LogP contribution in [0.1, 0.15) is 23.4 Å². The number of carbonyl (C=O) groups is 1. The highest BCUT2D eigenvalue weighted by Gasteiger charge is 2.30. The van der Waals surface area contributed by atoms with Crippen molar-refractivity contribution in [2.75, 3.05) is 5.32 Å². The van der Waals surface area contributed by atoms with Crippen molar-refractivity contribution in [3.05, 3.63) is 69.6 Å². The molecule has 1 amide bonds. The molecule has 0 radical (unpaired) electrons. The summed E-state index contributed by atoms with van der Waals surface area (Å²) in [5.41, 5.74) is 0.0770. The number of rotatable bonds is 6. The van der Waals surface area contributed by atoms with Gasteiger partial charge in [0.1, 0.15) is 0 Å². The van der Waals surface area contributed by atoms with E-state index in [1.165, 1.54) is 30.3 Å². The lowest BCUT2D eigenvalue weighted by Crippen LogP contribution is -2.13. The third-order valence-corrected chi connectivity index (χ3v) is 4.18.